The number of ether oxygens (including phenoxy) is 3. The summed E-state index contributed by atoms with van der Waals surface area (Å²) < 4.78 is 16.7. The maximum atomic E-state index is 12.8. The number of carbonyl (C=O) groups excluding carboxylic acids is 2. The van der Waals surface area contributed by atoms with E-state index in [1.807, 2.05) is 18.2 Å². The van der Waals surface area contributed by atoms with Gasteiger partial charge in [-0.05, 0) is 87.0 Å². The van der Waals surface area contributed by atoms with Crippen LogP contribution in [0.2, 0.25) is 0 Å². The number of esters is 1. The van der Waals surface area contributed by atoms with Crippen LogP contribution >= 0.6 is 0 Å². The molecule has 6 nitrogen and oxygen atoms in total. The molecule has 0 unspecified atom stereocenters. The van der Waals surface area contributed by atoms with Crippen molar-refractivity contribution in [3.8, 4) is 11.5 Å². The van der Waals surface area contributed by atoms with E-state index >= 15 is 0 Å². The third-order valence-electron chi connectivity index (χ3n) is 7.27. The van der Waals surface area contributed by atoms with Crippen LogP contribution in [-0.2, 0) is 14.3 Å². The minimum absolute atomic E-state index is 0.0771. The zero-order valence-corrected chi connectivity index (χ0v) is 18.1. The van der Waals surface area contributed by atoms with E-state index in [4.69, 9.17) is 14.2 Å². The molecule has 1 aromatic rings. The minimum atomic E-state index is -0.811. The fourth-order valence-electron chi connectivity index (χ4n) is 6.34. The Balaban J connectivity index is 1.16. The Morgan fingerprint density at radius 3 is 2.39 bits per heavy atom. The number of benzene rings is 1. The summed E-state index contributed by atoms with van der Waals surface area (Å²) in [6, 6.07) is 5.54. The first-order valence-electron chi connectivity index (χ1n) is 11.6. The van der Waals surface area contributed by atoms with Crippen LogP contribution in [-0.4, -0.2) is 36.7 Å². The molecular formula is C25H31NO5. The Morgan fingerprint density at radius 1 is 1.06 bits per heavy atom. The van der Waals surface area contributed by atoms with Gasteiger partial charge in [-0.15, -0.1) is 0 Å². The van der Waals surface area contributed by atoms with Gasteiger partial charge < -0.3 is 19.5 Å². The predicted molar refractivity (Wildman–Crippen MR) is 116 cm³/mol. The monoisotopic (exact) mass is 425 g/mol. The largest absolute Gasteiger partial charge is 0.490 e. The topological polar surface area (TPSA) is 73.9 Å². The van der Waals surface area contributed by atoms with E-state index in [1.54, 1.807) is 13.0 Å². The third-order valence-corrected chi connectivity index (χ3v) is 7.27. The van der Waals surface area contributed by atoms with Gasteiger partial charge >= 0.3 is 5.97 Å². The van der Waals surface area contributed by atoms with Crippen LogP contribution in [0.1, 0.15) is 57.4 Å². The van der Waals surface area contributed by atoms with Crippen LogP contribution in [0, 0.1) is 17.8 Å². The molecule has 5 aliphatic rings. The third kappa shape index (κ3) is 4.43. The highest BCUT2D eigenvalue weighted by atomic mass is 16.5. The molecule has 4 bridgehead atoms. The summed E-state index contributed by atoms with van der Waals surface area (Å²) in [6.45, 7) is 2.89. The normalized spacial score (nSPS) is 31.8. The smallest absolute Gasteiger partial charge is 0.331 e. The van der Waals surface area contributed by atoms with Crippen molar-refractivity contribution < 1.29 is 23.8 Å². The van der Waals surface area contributed by atoms with E-state index in [-0.39, 0.29) is 11.4 Å². The van der Waals surface area contributed by atoms with Crippen molar-refractivity contribution >= 4 is 18.0 Å². The van der Waals surface area contributed by atoms with Crippen LogP contribution in [0.25, 0.3) is 6.08 Å². The molecule has 4 fully saturated rings. The lowest BCUT2D eigenvalue weighted by Crippen LogP contribution is -2.61. The van der Waals surface area contributed by atoms with Gasteiger partial charge in [-0.2, -0.15) is 0 Å². The SMILES string of the molecule is C[C@@H](OC(=O)/C=C/c1ccc2c(c1)OCCCO2)C(=O)NC12CC3CC(CC(C3)C1)C2. The van der Waals surface area contributed by atoms with Crippen molar-refractivity contribution in [3.63, 3.8) is 0 Å². The number of carbonyl (C=O) groups is 2. The first-order valence-corrected chi connectivity index (χ1v) is 11.6. The summed E-state index contributed by atoms with van der Waals surface area (Å²) in [6.07, 6.45) is 10.3. The van der Waals surface area contributed by atoms with Gasteiger partial charge in [0.15, 0.2) is 17.6 Å². The number of hydrogen-bond donors (Lipinski definition) is 1. The number of hydrogen-bond acceptors (Lipinski definition) is 5. The van der Waals surface area contributed by atoms with Crippen LogP contribution < -0.4 is 14.8 Å². The predicted octanol–water partition coefficient (Wildman–Crippen LogP) is 3.88. The lowest BCUT2D eigenvalue weighted by molar-refractivity contribution is -0.152. The maximum absolute atomic E-state index is 12.8. The van der Waals surface area contributed by atoms with Gasteiger partial charge in [-0.25, -0.2) is 4.79 Å². The zero-order chi connectivity index (χ0) is 21.4. The molecule has 1 heterocycles. The second kappa shape index (κ2) is 8.21. The number of nitrogens with one attached hydrogen (secondary N) is 1. The molecule has 1 atom stereocenters. The van der Waals surface area contributed by atoms with Gasteiger partial charge in [0.2, 0.25) is 0 Å². The molecule has 6 heteroatoms. The molecule has 31 heavy (non-hydrogen) atoms. The second-order valence-corrected chi connectivity index (χ2v) is 9.86. The van der Waals surface area contributed by atoms with Gasteiger partial charge in [0.1, 0.15) is 0 Å². The Morgan fingerprint density at radius 2 is 1.71 bits per heavy atom. The summed E-state index contributed by atoms with van der Waals surface area (Å²) in [5.41, 5.74) is 0.735. The fraction of sp³-hybridized carbons (Fsp3) is 0.600. The van der Waals surface area contributed by atoms with Gasteiger partial charge in [-0.3, -0.25) is 4.79 Å². The highest BCUT2D eigenvalue weighted by molar-refractivity contribution is 5.90. The minimum Gasteiger partial charge on any atom is -0.490 e. The van der Waals surface area contributed by atoms with Crippen molar-refractivity contribution in [2.45, 2.75) is 63.5 Å². The highest BCUT2D eigenvalue weighted by Crippen LogP contribution is 2.55. The van der Waals surface area contributed by atoms with Gasteiger partial charge in [0, 0.05) is 18.0 Å². The lowest BCUT2D eigenvalue weighted by Gasteiger charge is -2.57. The van der Waals surface area contributed by atoms with Gasteiger partial charge in [0.25, 0.3) is 5.91 Å². The molecule has 1 aliphatic heterocycles. The molecule has 1 N–H and O–H groups in total. The van der Waals surface area contributed by atoms with Crippen molar-refractivity contribution in [1.29, 1.82) is 0 Å². The van der Waals surface area contributed by atoms with Crippen LogP contribution in [0.5, 0.6) is 11.5 Å². The molecule has 0 spiro atoms. The van der Waals surface area contributed by atoms with Gasteiger partial charge in [-0.1, -0.05) is 6.07 Å². The van der Waals surface area contributed by atoms with Crippen molar-refractivity contribution in [2.75, 3.05) is 13.2 Å². The molecule has 6 rings (SSSR count). The van der Waals surface area contributed by atoms with E-state index < -0.39 is 12.1 Å². The molecule has 0 saturated heterocycles. The molecule has 4 saturated carbocycles. The summed E-state index contributed by atoms with van der Waals surface area (Å²) in [7, 11) is 0. The van der Waals surface area contributed by atoms with E-state index in [0.717, 1.165) is 49.0 Å². The Bertz CT molecular complexity index is 857. The Labute approximate surface area is 183 Å². The molecular weight excluding hydrogens is 394 g/mol. The summed E-state index contributed by atoms with van der Waals surface area (Å²) in [5, 5.41) is 3.27. The Kier molecular flexibility index (Phi) is 5.40. The first-order chi connectivity index (χ1) is 15.0. The average molecular weight is 426 g/mol. The molecule has 166 valence electrons. The maximum Gasteiger partial charge on any atom is 0.331 e. The van der Waals surface area contributed by atoms with E-state index in [2.05, 4.69) is 5.32 Å². The van der Waals surface area contributed by atoms with Crippen LogP contribution in [0.15, 0.2) is 24.3 Å². The average Bonchev–Trinajstić information content (AvgIpc) is 2.96. The summed E-state index contributed by atoms with van der Waals surface area (Å²) in [5.74, 6) is 2.94. The quantitative estimate of drug-likeness (QED) is 0.573. The van der Waals surface area contributed by atoms with E-state index in [0.29, 0.717) is 24.7 Å². The van der Waals surface area contributed by atoms with Crippen molar-refractivity contribution in [3.05, 3.63) is 29.8 Å². The van der Waals surface area contributed by atoms with Crippen LogP contribution in [0.4, 0.5) is 0 Å². The molecule has 1 aromatic carbocycles. The molecule has 0 aromatic heterocycles. The number of rotatable bonds is 5. The lowest BCUT2D eigenvalue weighted by atomic mass is 9.53. The van der Waals surface area contributed by atoms with E-state index in [1.165, 1.54) is 25.3 Å². The number of amides is 1. The molecule has 0 radical (unpaired) electrons. The summed E-state index contributed by atoms with van der Waals surface area (Å²) in [4.78, 5) is 25.1. The zero-order valence-electron chi connectivity index (χ0n) is 18.1. The highest BCUT2D eigenvalue weighted by Gasteiger charge is 2.51. The summed E-state index contributed by atoms with van der Waals surface area (Å²) >= 11 is 0. The van der Waals surface area contributed by atoms with Crippen LogP contribution in [0.3, 0.4) is 0 Å². The van der Waals surface area contributed by atoms with E-state index in [9.17, 15) is 9.59 Å². The molecule has 1 amide bonds. The standard InChI is InChI=1S/C25H31NO5/c1-16(24(28)26-25-13-18-9-19(14-25)11-20(10-18)15-25)31-23(27)6-4-17-3-5-21-22(12-17)30-8-2-7-29-21/h3-6,12,16,18-20H,2,7-11,13-15H2,1H3,(H,26,28)/b6-4+/t16-,18?,19?,20?,25?/m1/s1. The fourth-order valence-corrected chi connectivity index (χ4v) is 6.34. The van der Waals surface area contributed by atoms with Gasteiger partial charge in [0.05, 0.1) is 13.2 Å². The van der Waals surface area contributed by atoms with Crippen molar-refractivity contribution in [2.24, 2.45) is 17.8 Å². The number of fused-ring (bicyclic) bond motifs is 1. The molecule has 4 aliphatic carbocycles. The Hall–Kier alpha value is -2.50. The first kappa shape index (κ1) is 20.4. The second-order valence-electron chi connectivity index (χ2n) is 9.86. The van der Waals surface area contributed by atoms with Crippen molar-refractivity contribution in [1.82, 2.24) is 5.32 Å².